The molecule has 0 aliphatic carbocycles. The van der Waals surface area contributed by atoms with E-state index in [1.54, 1.807) is 31.5 Å². The summed E-state index contributed by atoms with van der Waals surface area (Å²) in [6, 6.07) is 13.1. The maximum atomic E-state index is 12.8. The van der Waals surface area contributed by atoms with Crippen molar-refractivity contribution in [1.82, 2.24) is 19.7 Å². The highest BCUT2D eigenvalue weighted by molar-refractivity contribution is 6.32. The van der Waals surface area contributed by atoms with Crippen LogP contribution in [0.15, 0.2) is 61.1 Å². The zero-order valence-electron chi connectivity index (χ0n) is 20.0. The molecule has 0 aliphatic rings. The molecule has 9 heteroatoms. The van der Waals surface area contributed by atoms with Crippen LogP contribution in [0.2, 0.25) is 5.02 Å². The van der Waals surface area contributed by atoms with Crippen molar-refractivity contribution in [2.24, 2.45) is 0 Å². The van der Waals surface area contributed by atoms with E-state index in [1.165, 1.54) is 11.8 Å². The largest absolute Gasteiger partial charge is 0.495 e. The quantitative estimate of drug-likeness (QED) is 0.308. The van der Waals surface area contributed by atoms with Crippen LogP contribution in [0.4, 0.5) is 17.3 Å². The van der Waals surface area contributed by atoms with Crippen LogP contribution in [-0.4, -0.2) is 32.8 Å². The van der Waals surface area contributed by atoms with Gasteiger partial charge in [-0.15, -0.1) is 0 Å². The van der Waals surface area contributed by atoms with Crippen molar-refractivity contribution in [3.63, 3.8) is 0 Å². The van der Waals surface area contributed by atoms with Gasteiger partial charge in [0.1, 0.15) is 5.75 Å². The number of nitrogens with zero attached hydrogens (tertiary/aromatic N) is 4. The van der Waals surface area contributed by atoms with Crippen molar-refractivity contribution < 1.29 is 9.53 Å². The first-order valence-electron chi connectivity index (χ1n) is 11.3. The number of hydrogen-bond donors (Lipinski definition) is 2. The first-order chi connectivity index (χ1) is 16.9. The fourth-order valence-corrected chi connectivity index (χ4v) is 3.66. The lowest BCUT2D eigenvalue weighted by molar-refractivity contribution is 0.102. The van der Waals surface area contributed by atoms with Gasteiger partial charge < -0.3 is 15.4 Å². The summed E-state index contributed by atoms with van der Waals surface area (Å²) in [4.78, 5) is 21.6. The molecule has 0 radical (unpaired) electrons. The Bertz CT molecular complexity index is 1330. The van der Waals surface area contributed by atoms with E-state index >= 15 is 0 Å². The second-order valence-electron chi connectivity index (χ2n) is 8.24. The molecule has 2 aromatic carbocycles. The molecule has 0 atom stereocenters. The van der Waals surface area contributed by atoms with Crippen molar-refractivity contribution in [3.8, 4) is 17.0 Å². The third kappa shape index (κ3) is 5.60. The van der Waals surface area contributed by atoms with Crippen LogP contribution < -0.4 is 15.4 Å². The zero-order chi connectivity index (χ0) is 24.9. The van der Waals surface area contributed by atoms with Gasteiger partial charge >= 0.3 is 0 Å². The number of anilines is 3. The highest BCUT2D eigenvalue weighted by Gasteiger charge is 2.15. The number of halogens is 1. The summed E-state index contributed by atoms with van der Waals surface area (Å²) in [7, 11) is 1.54. The van der Waals surface area contributed by atoms with Crippen molar-refractivity contribution in [1.29, 1.82) is 0 Å². The molecule has 4 rings (SSSR count). The Morgan fingerprint density at radius 3 is 2.57 bits per heavy atom. The molecule has 0 aliphatic heterocycles. The minimum Gasteiger partial charge on any atom is -0.495 e. The van der Waals surface area contributed by atoms with E-state index in [-0.39, 0.29) is 11.9 Å². The fraction of sp³-hybridized carbons (Fsp3) is 0.231. The first kappa shape index (κ1) is 24.2. The Morgan fingerprint density at radius 2 is 1.91 bits per heavy atom. The monoisotopic (exact) mass is 490 g/mol. The predicted octanol–water partition coefficient (Wildman–Crippen LogP) is 6.14. The minimum absolute atomic E-state index is 0.220. The van der Waals surface area contributed by atoms with Gasteiger partial charge in [0.2, 0.25) is 5.95 Å². The molecular formula is C26H27ClN6O2. The minimum atomic E-state index is -0.230. The van der Waals surface area contributed by atoms with Gasteiger partial charge in [0.15, 0.2) is 0 Å². The number of carbonyl (C=O) groups excluding carboxylic acids is 1. The average Bonchev–Trinajstić information content (AvgIpc) is 3.36. The molecule has 35 heavy (non-hydrogen) atoms. The number of aromatic nitrogens is 4. The molecule has 2 heterocycles. The van der Waals surface area contributed by atoms with Crippen molar-refractivity contribution in [2.75, 3.05) is 17.7 Å². The van der Waals surface area contributed by atoms with Crippen LogP contribution in [0.1, 0.15) is 42.7 Å². The molecule has 0 bridgehead atoms. The van der Waals surface area contributed by atoms with Crippen LogP contribution >= 0.6 is 11.6 Å². The lowest BCUT2D eigenvalue weighted by atomic mass is 10.1. The third-order valence-electron chi connectivity index (χ3n) is 5.48. The molecule has 0 unspecified atom stereocenters. The van der Waals surface area contributed by atoms with Crippen LogP contribution in [0.25, 0.3) is 11.3 Å². The first-order valence-corrected chi connectivity index (χ1v) is 11.7. The third-order valence-corrected chi connectivity index (χ3v) is 5.75. The molecule has 0 fully saturated rings. The van der Waals surface area contributed by atoms with E-state index in [1.807, 2.05) is 49.0 Å². The van der Waals surface area contributed by atoms with Gasteiger partial charge in [-0.05, 0) is 56.2 Å². The lowest BCUT2D eigenvalue weighted by Gasteiger charge is -2.13. The molecule has 0 spiro atoms. The number of methoxy groups -OCH3 is 1. The maximum Gasteiger partial charge on any atom is 0.255 e. The van der Waals surface area contributed by atoms with Crippen LogP contribution in [0.3, 0.4) is 0 Å². The van der Waals surface area contributed by atoms with E-state index in [0.29, 0.717) is 33.7 Å². The zero-order valence-corrected chi connectivity index (χ0v) is 20.8. The summed E-state index contributed by atoms with van der Waals surface area (Å²) in [6.45, 7) is 6.18. The van der Waals surface area contributed by atoms with Crippen LogP contribution in [-0.2, 0) is 6.42 Å². The number of aryl methyl sites for hydroxylation is 1. The fourth-order valence-electron chi connectivity index (χ4n) is 3.46. The van der Waals surface area contributed by atoms with Crippen molar-refractivity contribution in [3.05, 3.63) is 77.2 Å². The number of ether oxygens (including phenoxy) is 1. The summed E-state index contributed by atoms with van der Waals surface area (Å²) in [5, 5.41) is 10.8. The Balaban J connectivity index is 1.54. The van der Waals surface area contributed by atoms with Gasteiger partial charge in [0.25, 0.3) is 5.91 Å². The van der Waals surface area contributed by atoms with Gasteiger partial charge in [-0.1, -0.05) is 30.7 Å². The molecule has 4 aromatic rings. The standard InChI is InChI=1S/C26H27ClN6O2/c1-5-17-6-9-20(10-7-17)30-25(34)18-8-11-22(23(12-18)35-4)31-26-28-14-21(27)24(32-26)19-13-29-33(15-19)16(2)3/h6-16H,5H2,1-4H3,(H,30,34)(H,28,31,32). The summed E-state index contributed by atoms with van der Waals surface area (Å²) in [5.41, 5.74) is 4.38. The number of carbonyl (C=O) groups is 1. The number of nitrogens with one attached hydrogen (secondary N) is 2. The highest BCUT2D eigenvalue weighted by atomic mass is 35.5. The van der Waals surface area contributed by atoms with Gasteiger partial charge in [-0.25, -0.2) is 9.97 Å². The van der Waals surface area contributed by atoms with Crippen molar-refractivity contribution >= 4 is 34.8 Å². The molecule has 0 saturated carbocycles. The Labute approximate surface area is 209 Å². The number of hydrogen-bond acceptors (Lipinski definition) is 6. The van der Waals surface area contributed by atoms with Gasteiger partial charge in [0, 0.05) is 29.1 Å². The lowest BCUT2D eigenvalue weighted by Crippen LogP contribution is -2.12. The highest BCUT2D eigenvalue weighted by Crippen LogP contribution is 2.31. The van der Waals surface area contributed by atoms with Crippen LogP contribution in [0, 0.1) is 0 Å². The van der Waals surface area contributed by atoms with Crippen molar-refractivity contribution in [2.45, 2.75) is 33.2 Å². The second kappa shape index (κ2) is 10.6. The van der Waals surface area contributed by atoms with Gasteiger partial charge in [-0.3, -0.25) is 9.48 Å². The SMILES string of the molecule is CCc1ccc(NC(=O)c2ccc(Nc3ncc(Cl)c(-c4cnn(C(C)C)c4)n3)c(OC)c2)cc1. The number of amides is 1. The predicted molar refractivity (Wildman–Crippen MR) is 139 cm³/mol. The normalized spacial score (nSPS) is 10.9. The molecular weight excluding hydrogens is 464 g/mol. The second-order valence-corrected chi connectivity index (χ2v) is 8.64. The number of benzene rings is 2. The van der Waals surface area contributed by atoms with Gasteiger partial charge in [-0.2, -0.15) is 5.10 Å². The smallest absolute Gasteiger partial charge is 0.255 e. The van der Waals surface area contributed by atoms with E-state index < -0.39 is 0 Å². The molecule has 1 amide bonds. The van der Waals surface area contributed by atoms with Gasteiger partial charge in [0.05, 0.1) is 35.9 Å². The molecule has 0 saturated heterocycles. The van der Waals surface area contributed by atoms with E-state index in [4.69, 9.17) is 16.3 Å². The van der Waals surface area contributed by atoms with E-state index in [0.717, 1.165) is 17.7 Å². The maximum absolute atomic E-state index is 12.8. The molecule has 180 valence electrons. The summed E-state index contributed by atoms with van der Waals surface area (Å²) in [6.07, 6.45) is 6.10. The summed E-state index contributed by atoms with van der Waals surface area (Å²) >= 11 is 6.36. The van der Waals surface area contributed by atoms with E-state index in [2.05, 4.69) is 32.6 Å². The molecule has 8 nitrogen and oxygen atoms in total. The van der Waals surface area contributed by atoms with Crippen LogP contribution in [0.5, 0.6) is 5.75 Å². The van der Waals surface area contributed by atoms with E-state index in [9.17, 15) is 4.79 Å². The summed E-state index contributed by atoms with van der Waals surface area (Å²) in [5.74, 6) is 0.589. The topological polar surface area (TPSA) is 94.0 Å². The molecule has 2 aromatic heterocycles. The number of rotatable bonds is 8. The Hall–Kier alpha value is -3.91. The Morgan fingerprint density at radius 1 is 1.14 bits per heavy atom. The Kier molecular flexibility index (Phi) is 7.31. The summed E-state index contributed by atoms with van der Waals surface area (Å²) < 4.78 is 7.36. The molecule has 2 N–H and O–H groups in total. The average molecular weight is 491 g/mol.